The van der Waals surface area contributed by atoms with E-state index in [4.69, 9.17) is 19.9 Å². The molecule has 0 radical (unpaired) electrons. The van der Waals surface area contributed by atoms with Crippen LogP contribution in [0.2, 0.25) is 0 Å². The van der Waals surface area contributed by atoms with E-state index in [0.717, 1.165) is 60.5 Å². The molecule has 1 saturated heterocycles. The van der Waals surface area contributed by atoms with Gasteiger partial charge in [-0.2, -0.15) is 0 Å². The quantitative estimate of drug-likeness (QED) is 0.837. The minimum Gasteiger partial charge on any atom is -0.352 e. The number of H-pyrrole nitrogens is 1. The number of hydrogen-bond acceptors (Lipinski definition) is 8. The minimum absolute atomic E-state index is 0.0755. The van der Waals surface area contributed by atoms with Crippen molar-refractivity contribution < 1.29 is 4.94 Å². The number of likely N-dealkylation sites (N-methyl/N-ethyl adjacent to an activating group) is 1. The van der Waals surface area contributed by atoms with Crippen LogP contribution in [0.3, 0.4) is 0 Å². The summed E-state index contributed by atoms with van der Waals surface area (Å²) < 4.78 is 0. The molecule has 146 valence electrons. The Balaban J connectivity index is 1.74. The zero-order chi connectivity index (χ0) is 19.2. The summed E-state index contributed by atoms with van der Waals surface area (Å²) in [4.78, 5) is 27.5. The largest absolute Gasteiger partial charge is 0.352 e. The van der Waals surface area contributed by atoms with Gasteiger partial charge in [0.15, 0.2) is 11.5 Å². The highest BCUT2D eigenvalue weighted by atomic mass is 16.8. The lowest BCUT2D eigenvalue weighted by Crippen LogP contribution is -2.45. The third-order valence-electron chi connectivity index (χ3n) is 5.10. The van der Waals surface area contributed by atoms with Gasteiger partial charge in [0.2, 0.25) is 0 Å². The van der Waals surface area contributed by atoms with Crippen LogP contribution >= 0.6 is 0 Å². The first-order chi connectivity index (χ1) is 12.8. The van der Waals surface area contributed by atoms with Crippen molar-refractivity contribution in [1.29, 1.82) is 0 Å². The number of fused-ring (bicyclic) bond motifs is 1. The number of anilines is 1. The average molecular weight is 372 g/mol. The predicted molar refractivity (Wildman–Crippen MR) is 105 cm³/mol. The van der Waals surface area contributed by atoms with E-state index >= 15 is 0 Å². The second-order valence-electron chi connectivity index (χ2n) is 8.48. The van der Waals surface area contributed by atoms with E-state index in [2.05, 4.69) is 53.2 Å². The summed E-state index contributed by atoms with van der Waals surface area (Å²) in [5.74, 6) is 2.60. The number of hydroxylamine groups is 1. The SMILES string of the molecule is CC1NON=C1Cc1nc2nc(C(C)(C)C)nc(N3CCN(C)CC3)c2[nH]1. The fourth-order valence-electron chi connectivity index (χ4n) is 3.26. The van der Waals surface area contributed by atoms with Gasteiger partial charge >= 0.3 is 0 Å². The molecule has 0 bridgehead atoms. The predicted octanol–water partition coefficient (Wildman–Crippen LogP) is 1.22. The zero-order valence-corrected chi connectivity index (χ0v) is 16.7. The second kappa shape index (κ2) is 6.72. The van der Waals surface area contributed by atoms with Crippen LogP contribution in [0.5, 0.6) is 0 Å². The van der Waals surface area contributed by atoms with Crippen LogP contribution in [-0.4, -0.2) is 69.8 Å². The summed E-state index contributed by atoms with van der Waals surface area (Å²) in [6.07, 6.45) is 0.595. The van der Waals surface area contributed by atoms with Gasteiger partial charge in [-0.25, -0.2) is 15.0 Å². The van der Waals surface area contributed by atoms with Gasteiger partial charge in [-0.15, -0.1) is 5.48 Å². The summed E-state index contributed by atoms with van der Waals surface area (Å²) in [6.45, 7) is 12.4. The Morgan fingerprint density at radius 1 is 1.11 bits per heavy atom. The average Bonchev–Trinajstić information content (AvgIpc) is 3.20. The van der Waals surface area contributed by atoms with Crippen LogP contribution in [0, 0.1) is 0 Å². The van der Waals surface area contributed by atoms with Gasteiger partial charge in [-0.1, -0.05) is 25.9 Å². The van der Waals surface area contributed by atoms with Crippen molar-refractivity contribution >= 4 is 22.7 Å². The van der Waals surface area contributed by atoms with Gasteiger partial charge in [0.1, 0.15) is 17.2 Å². The first-order valence-electron chi connectivity index (χ1n) is 9.50. The number of piperazine rings is 1. The number of aromatic nitrogens is 4. The van der Waals surface area contributed by atoms with Crippen molar-refractivity contribution in [3.8, 4) is 0 Å². The number of aromatic amines is 1. The molecular weight excluding hydrogens is 344 g/mol. The van der Waals surface area contributed by atoms with Crippen molar-refractivity contribution in [2.24, 2.45) is 5.16 Å². The maximum atomic E-state index is 4.96. The van der Waals surface area contributed by atoms with Gasteiger partial charge < -0.3 is 14.8 Å². The van der Waals surface area contributed by atoms with E-state index in [1.54, 1.807) is 0 Å². The molecule has 0 saturated carbocycles. The van der Waals surface area contributed by atoms with Crippen molar-refractivity contribution in [2.45, 2.75) is 45.6 Å². The maximum absolute atomic E-state index is 4.96. The maximum Gasteiger partial charge on any atom is 0.183 e. The molecule has 1 atom stereocenters. The highest BCUT2D eigenvalue weighted by Gasteiger charge is 2.26. The smallest absolute Gasteiger partial charge is 0.183 e. The molecule has 9 nitrogen and oxygen atoms in total. The Kier molecular flexibility index (Phi) is 4.51. The molecule has 9 heteroatoms. The highest BCUT2D eigenvalue weighted by molar-refractivity contribution is 5.92. The molecule has 1 fully saturated rings. The van der Waals surface area contributed by atoms with Gasteiger partial charge in [-0.3, -0.25) is 4.94 Å². The number of imidazole rings is 1. The van der Waals surface area contributed by atoms with Gasteiger partial charge in [0.25, 0.3) is 0 Å². The Hall–Kier alpha value is -2.26. The third-order valence-corrected chi connectivity index (χ3v) is 5.10. The van der Waals surface area contributed by atoms with Crippen molar-refractivity contribution in [1.82, 2.24) is 30.3 Å². The number of nitrogens with one attached hydrogen (secondary N) is 2. The van der Waals surface area contributed by atoms with Crippen LogP contribution < -0.4 is 10.4 Å². The van der Waals surface area contributed by atoms with Crippen LogP contribution in [0.25, 0.3) is 11.2 Å². The van der Waals surface area contributed by atoms with E-state index in [9.17, 15) is 0 Å². The van der Waals surface area contributed by atoms with E-state index in [1.807, 2.05) is 6.92 Å². The molecule has 0 amide bonds. The van der Waals surface area contributed by atoms with Crippen molar-refractivity contribution in [2.75, 3.05) is 38.1 Å². The summed E-state index contributed by atoms with van der Waals surface area (Å²) in [6, 6.07) is 0.0755. The number of hydrogen-bond donors (Lipinski definition) is 2. The van der Waals surface area contributed by atoms with Crippen LogP contribution in [0.4, 0.5) is 5.82 Å². The lowest BCUT2D eigenvalue weighted by molar-refractivity contribution is 0.0629. The Bertz CT molecular complexity index is 860. The van der Waals surface area contributed by atoms with Crippen LogP contribution in [0.15, 0.2) is 5.16 Å². The van der Waals surface area contributed by atoms with Crippen molar-refractivity contribution in [3.05, 3.63) is 11.6 Å². The standard InChI is InChI=1S/C18H28N8O/c1-11-12(24-27-23-11)10-13-19-14-15(20-13)21-17(18(2,3)4)22-16(14)26-8-6-25(5)7-9-26/h11,23H,6-10H2,1-5H3,(H,19,20,21,22). The summed E-state index contributed by atoms with van der Waals surface area (Å²) in [5.41, 5.74) is 5.23. The van der Waals surface area contributed by atoms with Gasteiger partial charge in [-0.05, 0) is 14.0 Å². The normalized spacial score (nSPS) is 21.6. The third kappa shape index (κ3) is 3.61. The number of oxime groups is 1. The first kappa shape index (κ1) is 18.1. The summed E-state index contributed by atoms with van der Waals surface area (Å²) >= 11 is 0. The topological polar surface area (TPSA) is 94.6 Å². The molecule has 0 aromatic carbocycles. The number of nitrogens with zero attached hydrogens (tertiary/aromatic N) is 6. The van der Waals surface area contributed by atoms with E-state index in [1.165, 1.54) is 0 Å². The lowest BCUT2D eigenvalue weighted by Gasteiger charge is -2.33. The number of rotatable bonds is 3. The molecule has 1 unspecified atom stereocenters. The van der Waals surface area contributed by atoms with Crippen LogP contribution in [0.1, 0.15) is 39.3 Å². The molecule has 2 aliphatic heterocycles. The molecule has 4 rings (SSSR count). The Morgan fingerprint density at radius 2 is 1.85 bits per heavy atom. The van der Waals surface area contributed by atoms with E-state index < -0.39 is 0 Å². The summed E-state index contributed by atoms with van der Waals surface area (Å²) in [5, 5.41) is 4.05. The molecule has 0 aliphatic carbocycles. The summed E-state index contributed by atoms with van der Waals surface area (Å²) in [7, 11) is 2.15. The fraction of sp³-hybridized carbons (Fsp3) is 0.667. The molecule has 2 aromatic heterocycles. The van der Waals surface area contributed by atoms with E-state index in [0.29, 0.717) is 6.42 Å². The Labute approximate surface area is 159 Å². The molecule has 2 N–H and O–H groups in total. The molecule has 2 aromatic rings. The molecule has 27 heavy (non-hydrogen) atoms. The minimum atomic E-state index is -0.142. The highest BCUT2D eigenvalue weighted by Crippen LogP contribution is 2.28. The second-order valence-corrected chi connectivity index (χ2v) is 8.48. The fourth-order valence-corrected chi connectivity index (χ4v) is 3.26. The van der Waals surface area contributed by atoms with Crippen molar-refractivity contribution in [3.63, 3.8) is 0 Å². The monoisotopic (exact) mass is 372 g/mol. The Morgan fingerprint density at radius 3 is 2.48 bits per heavy atom. The van der Waals surface area contributed by atoms with Crippen LogP contribution in [-0.2, 0) is 16.8 Å². The first-order valence-corrected chi connectivity index (χ1v) is 9.50. The molecule has 4 heterocycles. The van der Waals surface area contributed by atoms with Gasteiger partial charge in [0, 0.05) is 38.0 Å². The zero-order valence-electron chi connectivity index (χ0n) is 16.7. The van der Waals surface area contributed by atoms with Gasteiger partial charge in [0.05, 0.1) is 11.8 Å². The molecule has 0 spiro atoms. The van der Waals surface area contributed by atoms with E-state index in [-0.39, 0.29) is 11.5 Å². The molecular formula is C18H28N8O. The molecule has 2 aliphatic rings. The lowest BCUT2D eigenvalue weighted by atomic mass is 9.96.